The quantitative estimate of drug-likeness (QED) is 0.249. The number of unbranched alkanes of at least 4 members (excludes halogenated alkanes) is 8. The second kappa shape index (κ2) is 12.6. The maximum atomic E-state index is 10.8. The molecule has 106 valence electrons. The van der Waals surface area contributed by atoms with Crippen LogP contribution in [0.5, 0.6) is 0 Å². The van der Waals surface area contributed by atoms with Gasteiger partial charge >= 0.3 is 5.97 Å². The monoisotopic (exact) mass is 256 g/mol. The number of carbonyl (C=O) groups is 1. The second-order valence-electron chi connectivity index (χ2n) is 4.71. The molecule has 1 unspecified atom stereocenters. The van der Waals surface area contributed by atoms with Crippen molar-refractivity contribution in [3.8, 4) is 0 Å². The van der Waals surface area contributed by atoms with E-state index < -0.39 is 12.3 Å². The summed E-state index contributed by atoms with van der Waals surface area (Å²) in [6.45, 7) is 5.51. The molecule has 1 atom stereocenters. The van der Waals surface area contributed by atoms with Gasteiger partial charge in [-0.05, 0) is 6.42 Å². The van der Waals surface area contributed by atoms with Crippen LogP contribution < -0.4 is 0 Å². The van der Waals surface area contributed by atoms with Crippen molar-refractivity contribution in [2.24, 2.45) is 0 Å². The maximum Gasteiger partial charge on any atom is 0.332 e. The summed E-state index contributed by atoms with van der Waals surface area (Å²) in [6.07, 6.45) is 11.7. The van der Waals surface area contributed by atoms with Crippen LogP contribution in [-0.4, -0.2) is 17.4 Å². The van der Waals surface area contributed by atoms with Crippen LogP contribution in [0.1, 0.15) is 71.1 Å². The van der Waals surface area contributed by atoms with E-state index in [4.69, 9.17) is 0 Å². The molecule has 18 heavy (non-hydrogen) atoms. The highest BCUT2D eigenvalue weighted by atomic mass is 16.6. The van der Waals surface area contributed by atoms with E-state index >= 15 is 0 Å². The number of carbonyl (C=O) groups excluding carboxylic acids is 1. The molecule has 0 aromatic rings. The Bertz CT molecular complexity index is 214. The lowest BCUT2D eigenvalue weighted by Gasteiger charge is -2.10. The number of hydrogen-bond acceptors (Lipinski definition) is 3. The molecule has 0 aliphatic carbocycles. The Morgan fingerprint density at radius 1 is 1.11 bits per heavy atom. The molecule has 0 aromatic carbocycles. The van der Waals surface area contributed by atoms with Gasteiger partial charge in [0.25, 0.3) is 0 Å². The zero-order valence-electron chi connectivity index (χ0n) is 11.7. The normalized spacial score (nSPS) is 12.1. The highest BCUT2D eigenvalue weighted by Gasteiger charge is 2.07. The van der Waals surface area contributed by atoms with Gasteiger partial charge in [0.1, 0.15) is 0 Å². The Hall–Kier alpha value is -0.830. The van der Waals surface area contributed by atoms with Crippen LogP contribution in [0.25, 0.3) is 0 Å². The molecule has 0 amide bonds. The molecule has 0 rings (SSSR count). The Balaban J connectivity index is 3.19. The minimum atomic E-state index is -0.972. The van der Waals surface area contributed by atoms with Crippen molar-refractivity contribution in [2.45, 2.75) is 77.4 Å². The Kier molecular flexibility index (Phi) is 12.0. The highest BCUT2D eigenvalue weighted by molar-refractivity contribution is 5.81. The van der Waals surface area contributed by atoms with Crippen LogP contribution in [0.15, 0.2) is 12.7 Å². The first-order valence-corrected chi connectivity index (χ1v) is 7.21. The van der Waals surface area contributed by atoms with Gasteiger partial charge in [-0.25, -0.2) is 4.79 Å². The van der Waals surface area contributed by atoms with Crippen LogP contribution in [0.3, 0.4) is 0 Å². The van der Waals surface area contributed by atoms with E-state index in [1.165, 1.54) is 44.9 Å². The van der Waals surface area contributed by atoms with E-state index in [2.05, 4.69) is 18.2 Å². The number of hydrogen-bond donors (Lipinski definition) is 1. The van der Waals surface area contributed by atoms with Gasteiger partial charge in [0.2, 0.25) is 6.29 Å². The summed E-state index contributed by atoms with van der Waals surface area (Å²) in [5.41, 5.74) is 0. The van der Waals surface area contributed by atoms with E-state index in [-0.39, 0.29) is 0 Å². The standard InChI is InChI=1S/C15H28O3/c1-3-5-6-7-8-9-10-11-12-13-15(17)18-14(16)4-2/h4,15,17H,2-3,5-13H2,1H3. The summed E-state index contributed by atoms with van der Waals surface area (Å²) in [5, 5.41) is 9.36. The molecule has 0 bridgehead atoms. The minimum Gasteiger partial charge on any atom is -0.433 e. The molecule has 1 N–H and O–H groups in total. The number of aliphatic hydroxyl groups excluding tert-OH is 1. The van der Waals surface area contributed by atoms with E-state index in [1.807, 2.05) is 0 Å². The van der Waals surface area contributed by atoms with E-state index in [0.29, 0.717) is 6.42 Å². The molecule has 0 saturated carbocycles. The van der Waals surface area contributed by atoms with Crippen LogP contribution in [-0.2, 0) is 9.53 Å². The molecule has 0 aliphatic heterocycles. The molecule has 0 saturated heterocycles. The zero-order valence-corrected chi connectivity index (χ0v) is 11.7. The SMILES string of the molecule is C=CC(=O)OC(O)CCCCCCCCCCC. The molecule has 3 nitrogen and oxygen atoms in total. The van der Waals surface area contributed by atoms with Crippen molar-refractivity contribution in [1.29, 1.82) is 0 Å². The summed E-state index contributed by atoms with van der Waals surface area (Å²) in [5.74, 6) is -0.557. The first kappa shape index (κ1) is 17.2. The molecule has 0 aliphatic rings. The zero-order chi connectivity index (χ0) is 13.6. The van der Waals surface area contributed by atoms with Crippen molar-refractivity contribution in [3.05, 3.63) is 12.7 Å². The summed E-state index contributed by atoms with van der Waals surface area (Å²) >= 11 is 0. The van der Waals surface area contributed by atoms with Crippen LogP contribution in [0.4, 0.5) is 0 Å². The van der Waals surface area contributed by atoms with Crippen molar-refractivity contribution >= 4 is 5.97 Å². The fourth-order valence-electron chi connectivity index (χ4n) is 1.87. The van der Waals surface area contributed by atoms with Crippen LogP contribution in [0, 0.1) is 0 Å². The molecule has 0 radical (unpaired) electrons. The van der Waals surface area contributed by atoms with E-state index in [1.54, 1.807) is 0 Å². The summed E-state index contributed by atoms with van der Waals surface area (Å²) < 4.78 is 4.67. The average molecular weight is 256 g/mol. The number of rotatable bonds is 12. The summed E-state index contributed by atoms with van der Waals surface area (Å²) in [7, 11) is 0. The third-order valence-electron chi connectivity index (χ3n) is 2.97. The number of ether oxygens (including phenoxy) is 1. The highest BCUT2D eigenvalue weighted by Crippen LogP contribution is 2.11. The third kappa shape index (κ3) is 11.6. The van der Waals surface area contributed by atoms with Gasteiger partial charge in [-0.2, -0.15) is 0 Å². The largest absolute Gasteiger partial charge is 0.433 e. The number of aliphatic hydroxyl groups is 1. The molecule has 3 heteroatoms. The van der Waals surface area contributed by atoms with E-state index in [9.17, 15) is 9.90 Å². The van der Waals surface area contributed by atoms with Crippen LogP contribution in [0.2, 0.25) is 0 Å². The van der Waals surface area contributed by atoms with Gasteiger partial charge < -0.3 is 9.84 Å². The fraction of sp³-hybridized carbons (Fsp3) is 0.800. The van der Waals surface area contributed by atoms with Gasteiger partial charge in [0.05, 0.1) is 0 Å². The molecule has 0 fully saturated rings. The smallest absolute Gasteiger partial charge is 0.332 e. The van der Waals surface area contributed by atoms with Gasteiger partial charge in [-0.3, -0.25) is 0 Å². The molecule has 0 aromatic heterocycles. The summed E-state index contributed by atoms with van der Waals surface area (Å²) in [6, 6.07) is 0. The maximum absolute atomic E-state index is 10.8. The average Bonchev–Trinajstić information content (AvgIpc) is 2.36. The van der Waals surface area contributed by atoms with E-state index in [0.717, 1.165) is 18.9 Å². The van der Waals surface area contributed by atoms with Gasteiger partial charge in [0.15, 0.2) is 0 Å². The Morgan fingerprint density at radius 2 is 1.61 bits per heavy atom. The fourth-order valence-corrected chi connectivity index (χ4v) is 1.87. The molecular formula is C15H28O3. The lowest BCUT2D eigenvalue weighted by molar-refractivity contribution is -0.162. The predicted octanol–water partition coefficient (Wildman–Crippen LogP) is 3.95. The van der Waals surface area contributed by atoms with Crippen molar-refractivity contribution in [2.75, 3.05) is 0 Å². The van der Waals surface area contributed by atoms with Gasteiger partial charge in [-0.15, -0.1) is 0 Å². The molecule has 0 spiro atoms. The Labute approximate surface area is 111 Å². The lowest BCUT2D eigenvalue weighted by Crippen LogP contribution is -2.15. The van der Waals surface area contributed by atoms with Crippen molar-refractivity contribution in [1.82, 2.24) is 0 Å². The van der Waals surface area contributed by atoms with Crippen molar-refractivity contribution in [3.63, 3.8) is 0 Å². The molecular weight excluding hydrogens is 228 g/mol. The number of esters is 1. The minimum absolute atomic E-state index is 0.523. The first-order chi connectivity index (χ1) is 8.70. The third-order valence-corrected chi connectivity index (χ3v) is 2.97. The van der Waals surface area contributed by atoms with Gasteiger partial charge in [0, 0.05) is 12.5 Å². The Morgan fingerprint density at radius 3 is 2.11 bits per heavy atom. The summed E-state index contributed by atoms with van der Waals surface area (Å²) in [4.78, 5) is 10.8. The second-order valence-corrected chi connectivity index (χ2v) is 4.71. The predicted molar refractivity (Wildman–Crippen MR) is 74.1 cm³/mol. The van der Waals surface area contributed by atoms with Crippen LogP contribution >= 0.6 is 0 Å². The van der Waals surface area contributed by atoms with Gasteiger partial charge in [-0.1, -0.05) is 64.9 Å². The first-order valence-electron chi connectivity index (χ1n) is 7.21. The topological polar surface area (TPSA) is 46.5 Å². The lowest BCUT2D eigenvalue weighted by atomic mass is 10.1. The molecule has 0 heterocycles. The van der Waals surface area contributed by atoms with Crippen molar-refractivity contribution < 1.29 is 14.6 Å².